The van der Waals surface area contributed by atoms with Crippen molar-refractivity contribution in [2.75, 3.05) is 6.61 Å². The Morgan fingerprint density at radius 1 is 1.24 bits per heavy atom. The second-order valence-corrected chi connectivity index (χ2v) is 4.67. The minimum atomic E-state index is -0.483. The highest BCUT2D eigenvalue weighted by atomic mass is 35.5. The fourth-order valence-corrected chi connectivity index (χ4v) is 2.04. The number of hydrogen-bond donors (Lipinski definition) is 0. The van der Waals surface area contributed by atoms with Gasteiger partial charge in [-0.3, -0.25) is 4.79 Å². The summed E-state index contributed by atoms with van der Waals surface area (Å²) in [6.07, 6.45) is 0.704. The standard InChI is InChI=1S/C16H14ClFO3/c1-2-20-15-5-3-4-12(9-19)16(15)21-10-11-6-7-14(18)13(17)8-11/h3-9H,2,10H2,1H3. The number of rotatable bonds is 6. The number of benzene rings is 2. The maximum atomic E-state index is 13.1. The van der Waals surface area contributed by atoms with Crippen LogP contribution in [0.2, 0.25) is 5.02 Å². The van der Waals surface area contributed by atoms with E-state index >= 15 is 0 Å². The second-order valence-electron chi connectivity index (χ2n) is 4.26. The molecule has 2 aromatic rings. The van der Waals surface area contributed by atoms with E-state index in [1.165, 1.54) is 12.1 Å². The molecule has 0 aliphatic rings. The summed E-state index contributed by atoms with van der Waals surface area (Å²) in [4.78, 5) is 11.1. The first-order valence-corrected chi connectivity index (χ1v) is 6.81. The van der Waals surface area contributed by atoms with E-state index in [2.05, 4.69) is 0 Å². The number of carbonyl (C=O) groups is 1. The molecule has 0 aliphatic carbocycles. The van der Waals surface area contributed by atoms with Crippen molar-refractivity contribution in [2.45, 2.75) is 13.5 Å². The Balaban J connectivity index is 2.21. The summed E-state index contributed by atoms with van der Waals surface area (Å²) in [5, 5.41) is 0.0322. The molecule has 0 N–H and O–H groups in total. The highest BCUT2D eigenvalue weighted by Gasteiger charge is 2.11. The van der Waals surface area contributed by atoms with Gasteiger partial charge in [0.2, 0.25) is 0 Å². The molecule has 0 saturated heterocycles. The van der Waals surface area contributed by atoms with Crippen molar-refractivity contribution in [1.82, 2.24) is 0 Å². The van der Waals surface area contributed by atoms with Crippen LogP contribution in [-0.4, -0.2) is 12.9 Å². The van der Waals surface area contributed by atoms with Crippen LogP contribution in [0.4, 0.5) is 4.39 Å². The number of ether oxygens (including phenoxy) is 2. The average molecular weight is 309 g/mol. The third kappa shape index (κ3) is 3.73. The zero-order valence-corrected chi connectivity index (χ0v) is 12.2. The van der Waals surface area contributed by atoms with Crippen molar-refractivity contribution in [3.8, 4) is 11.5 Å². The predicted octanol–water partition coefficient (Wildman–Crippen LogP) is 4.27. The molecule has 5 heteroatoms. The lowest BCUT2D eigenvalue weighted by atomic mass is 10.2. The Kier molecular flexibility index (Phi) is 5.17. The van der Waals surface area contributed by atoms with Gasteiger partial charge in [0.1, 0.15) is 12.4 Å². The molecule has 0 atom stereocenters. The van der Waals surface area contributed by atoms with Crippen LogP contribution in [0.25, 0.3) is 0 Å². The normalized spacial score (nSPS) is 10.2. The molecular weight excluding hydrogens is 295 g/mol. The molecule has 2 rings (SSSR count). The van der Waals surface area contributed by atoms with Crippen molar-refractivity contribution >= 4 is 17.9 Å². The SMILES string of the molecule is CCOc1cccc(C=O)c1OCc1ccc(F)c(Cl)c1. The molecule has 0 unspecified atom stereocenters. The minimum absolute atomic E-state index is 0.0322. The molecule has 2 aromatic carbocycles. The molecule has 21 heavy (non-hydrogen) atoms. The van der Waals surface area contributed by atoms with Crippen LogP contribution in [0.3, 0.4) is 0 Å². The number of aldehydes is 1. The van der Waals surface area contributed by atoms with Crippen molar-refractivity contribution in [3.05, 3.63) is 58.4 Å². The molecule has 0 amide bonds. The van der Waals surface area contributed by atoms with Gasteiger partial charge in [0, 0.05) is 0 Å². The predicted molar refractivity (Wildman–Crippen MR) is 78.7 cm³/mol. The monoisotopic (exact) mass is 308 g/mol. The fraction of sp³-hybridized carbons (Fsp3) is 0.188. The Morgan fingerprint density at radius 2 is 2.05 bits per heavy atom. The smallest absolute Gasteiger partial charge is 0.172 e. The van der Waals surface area contributed by atoms with E-state index in [-0.39, 0.29) is 11.6 Å². The van der Waals surface area contributed by atoms with Crippen LogP contribution < -0.4 is 9.47 Å². The van der Waals surface area contributed by atoms with E-state index in [1.54, 1.807) is 24.3 Å². The summed E-state index contributed by atoms with van der Waals surface area (Å²) in [6, 6.07) is 9.42. The van der Waals surface area contributed by atoms with E-state index in [9.17, 15) is 9.18 Å². The van der Waals surface area contributed by atoms with Gasteiger partial charge in [-0.05, 0) is 36.8 Å². The third-order valence-corrected chi connectivity index (χ3v) is 3.09. The van der Waals surface area contributed by atoms with Gasteiger partial charge in [-0.1, -0.05) is 23.7 Å². The van der Waals surface area contributed by atoms with Crippen LogP contribution in [0.5, 0.6) is 11.5 Å². The fourth-order valence-electron chi connectivity index (χ4n) is 1.83. The average Bonchev–Trinajstić information content (AvgIpc) is 2.49. The van der Waals surface area contributed by atoms with Crippen LogP contribution in [0.1, 0.15) is 22.8 Å². The zero-order chi connectivity index (χ0) is 15.2. The topological polar surface area (TPSA) is 35.5 Å². The van der Waals surface area contributed by atoms with Crippen LogP contribution in [0.15, 0.2) is 36.4 Å². The van der Waals surface area contributed by atoms with Crippen molar-refractivity contribution in [3.63, 3.8) is 0 Å². The Hall–Kier alpha value is -2.07. The van der Waals surface area contributed by atoms with Crippen molar-refractivity contribution in [2.24, 2.45) is 0 Å². The van der Waals surface area contributed by atoms with Crippen LogP contribution in [-0.2, 0) is 6.61 Å². The van der Waals surface area contributed by atoms with Gasteiger partial charge >= 0.3 is 0 Å². The molecule has 0 aliphatic heterocycles. The molecule has 0 fully saturated rings. The van der Waals surface area contributed by atoms with Gasteiger partial charge in [-0.2, -0.15) is 0 Å². The summed E-state index contributed by atoms with van der Waals surface area (Å²) in [5.41, 5.74) is 1.10. The minimum Gasteiger partial charge on any atom is -0.490 e. The molecule has 110 valence electrons. The summed E-state index contributed by atoms with van der Waals surface area (Å²) < 4.78 is 24.2. The third-order valence-electron chi connectivity index (χ3n) is 2.80. The number of carbonyl (C=O) groups excluding carboxylic acids is 1. The van der Waals surface area contributed by atoms with Gasteiger partial charge in [0.05, 0.1) is 17.2 Å². The van der Waals surface area contributed by atoms with Crippen molar-refractivity contribution in [1.29, 1.82) is 0 Å². The molecular formula is C16H14ClFO3. The summed E-state index contributed by atoms with van der Waals surface area (Å²) in [5.74, 6) is 0.383. The van der Waals surface area contributed by atoms with Gasteiger partial charge in [0.25, 0.3) is 0 Å². The number of hydrogen-bond acceptors (Lipinski definition) is 3. The van der Waals surface area contributed by atoms with Crippen molar-refractivity contribution < 1.29 is 18.7 Å². The Bertz CT molecular complexity index is 643. The van der Waals surface area contributed by atoms with Gasteiger partial charge in [-0.15, -0.1) is 0 Å². The van der Waals surface area contributed by atoms with E-state index in [0.29, 0.717) is 35.5 Å². The molecule has 0 bridgehead atoms. The number of para-hydroxylation sites is 1. The van der Waals surface area contributed by atoms with Gasteiger partial charge in [0.15, 0.2) is 17.8 Å². The Morgan fingerprint density at radius 3 is 2.71 bits per heavy atom. The quantitative estimate of drug-likeness (QED) is 0.748. The highest BCUT2D eigenvalue weighted by Crippen LogP contribution is 2.31. The summed E-state index contributed by atoms with van der Waals surface area (Å²) >= 11 is 5.72. The first-order chi connectivity index (χ1) is 10.2. The van der Waals surface area contributed by atoms with Crippen LogP contribution in [0, 0.1) is 5.82 Å². The zero-order valence-electron chi connectivity index (χ0n) is 11.4. The van der Waals surface area contributed by atoms with Gasteiger partial charge < -0.3 is 9.47 Å². The molecule has 0 aromatic heterocycles. The lowest BCUT2D eigenvalue weighted by Crippen LogP contribution is -2.02. The highest BCUT2D eigenvalue weighted by molar-refractivity contribution is 6.30. The molecule has 0 heterocycles. The lowest BCUT2D eigenvalue weighted by molar-refractivity contribution is 0.111. The largest absolute Gasteiger partial charge is 0.490 e. The van der Waals surface area contributed by atoms with E-state index in [1.807, 2.05) is 6.92 Å². The maximum absolute atomic E-state index is 13.1. The lowest BCUT2D eigenvalue weighted by Gasteiger charge is -2.13. The van der Waals surface area contributed by atoms with E-state index in [4.69, 9.17) is 21.1 Å². The van der Waals surface area contributed by atoms with Crippen LogP contribution >= 0.6 is 11.6 Å². The molecule has 0 saturated carbocycles. The molecule has 3 nitrogen and oxygen atoms in total. The van der Waals surface area contributed by atoms with E-state index < -0.39 is 5.82 Å². The molecule has 0 radical (unpaired) electrons. The Labute approximate surface area is 127 Å². The first-order valence-electron chi connectivity index (χ1n) is 6.43. The summed E-state index contributed by atoms with van der Waals surface area (Å²) in [6.45, 7) is 2.46. The summed E-state index contributed by atoms with van der Waals surface area (Å²) in [7, 11) is 0. The number of halogens is 2. The second kappa shape index (κ2) is 7.09. The maximum Gasteiger partial charge on any atom is 0.172 e. The molecule has 0 spiro atoms. The van der Waals surface area contributed by atoms with Gasteiger partial charge in [-0.25, -0.2) is 4.39 Å². The first kappa shape index (κ1) is 15.3. The van der Waals surface area contributed by atoms with E-state index in [0.717, 1.165) is 0 Å².